The van der Waals surface area contributed by atoms with Crippen molar-refractivity contribution in [3.05, 3.63) is 39.9 Å². The SMILES string of the molecule is CC(C)(C)NC(=O)C(=O)NNC(=O)Cc1ccc([N+](=O)[O-])cc1. The van der Waals surface area contributed by atoms with Crippen LogP contribution in [0.2, 0.25) is 0 Å². The fraction of sp³-hybridized carbons (Fsp3) is 0.357. The summed E-state index contributed by atoms with van der Waals surface area (Å²) in [5.41, 5.74) is 3.97. The van der Waals surface area contributed by atoms with Crippen LogP contribution in [-0.4, -0.2) is 28.2 Å². The second-order valence-corrected chi connectivity index (χ2v) is 5.81. The third-order valence-corrected chi connectivity index (χ3v) is 2.52. The minimum Gasteiger partial charge on any atom is -0.343 e. The highest BCUT2D eigenvalue weighted by Crippen LogP contribution is 2.12. The van der Waals surface area contributed by atoms with Crippen molar-refractivity contribution < 1.29 is 19.3 Å². The molecular formula is C14H18N4O5. The Morgan fingerprint density at radius 3 is 2.09 bits per heavy atom. The van der Waals surface area contributed by atoms with Gasteiger partial charge in [-0.2, -0.15) is 0 Å². The van der Waals surface area contributed by atoms with Gasteiger partial charge in [0.05, 0.1) is 11.3 Å². The molecule has 0 aliphatic heterocycles. The second kappa shape index (κ2) is 7.34. The van der Waals surface area contributed by atoms with Crippen molar-refractivity contribution in [1.29, 1.82) is 0 Å². The average Bonchev–Trinajstić information content (AvgIpc) is 2.43. The lowest BCUT2D eigenvalue weighted by Gasteiger charge is -2.19. The van der Waals surface area contributed by atoms with Crippen molar-refractivity contribution in [2.24, 2.45) is 0 Å². The van der Waals surface area contributed by atoms with Gasteiger partial charge in [-0.25, -0.2) is 0 Å². The molecule has 0 atom stereocenters. The van der Waals surface area contributed by atoms with E-state index in [9.17, 15) is 24.5 Å². The van der Waals surface area contributed by atoms with Crippen LogP contribution in [0.15, 0.2) is 24.3 Å². The summed E-state index contributed by atoms with van der Waals surface area (Å²) in [6, 6.07) is 5.42. The summed E-state index contributed by atoms with van der Waals surface area (Å²) in [4.78, 5) is 44.6. The van der Waals surface area contributed by atoms with Gasteiger partial charge in [-0.3, -0.25) is 35.3 Å². The summed E-state index contributed by atoms with van der Waals surface area (Å²) in [7, 11) is 0. The highest BCUT2D eigenvalue weighted by molar-refractivity contribution is 6.35. The molecule has 0 saturated carbocycles. The predicted octanol–water partition coefficient (Wildman–Crippen LogP) is 0.199. The predicted molar refractivity (Wildman–Crippen MR) is 81.0 cm³/mol. The molecule has 0 heterocycles. The van der Waals surface area contributed by atoms with E-state index in [4.69, 9.17) is 0 Å². The molecule has 1 aromatic carbocycles. The van der Waals surface area contributed by atoms with Gasteiger partial charge in [0.2, 0.25) is 5.91 Å². The Morgan fingerprint density at radius 2 is 1.61 bits per heavy atom. The number of nitrogens with zero attached hydrogens (tertiary/aromatic N) is 1. The highest BCUT2D eigenvalue weighted by Gasteiger charge is 2.20. The molecule has 0 aliphatic carbocycles. The van der Waals surface area contributed by atoms with Crippen LogP contribution >= 0.6 is 0 Å². The summed E-state index contributed by atoms with van der Waals surface area (Å²) in [6.45, 7) is 5.14. The maximum absolute atomic E-state index is 11.7. The molecule has 0 saturated heterocycles. The van der Waals surface area contributed by atoms with E-state index in [2.05, 4.69) is 10.7 Å². The van der Waals surface area contributed by atoms with Gasteiger partial charge in [-0.15, -0.1) is 0 Å². The number of benzene rings is 1. The molecule has 0 radical (unpaired) electrons. The molecule has 23 heavy (non-hydrogen) atoms. The summed E-state index contributed by atoms with van der Waals surface area (Å²) in [5.74, 6) is -2.42. The van der Waals surface area contributed by atoms with Crippen LogP contribution in [0.4, 0.5) is 5.69 Å². The zero-order valence-corrected chi connectivity index (χ0v) is 13.0. The normalized spacial score (nSPS) is 10.6. The number of carbonyl (C=O) groups is 3. The van der Waals surface area contributed by atoms with E-state index in [0.717, 1.165) is 0 Å². The number of hydrazine groups is 1. The minimum atomic E-state index is -0.989. The smallest absolute Gasteiger partial charge is 0.327 e. The molecule has 9 nitrogen and oxygen atoms in total. The van der Waals surface area contributed by atoms with Crippen LogP contribution in [0, 0.1) is 10.1 Å². The largest absolute Gasteiger partial charge is 0.343 e. The van der Waals surface area contributed by atoms with Crippen molar-refractivity contribution in [3.8, 4) is 0 Å². The van der Waals surface area contributed by atoms with E-state index < -0.39 is 28.2 Å². The van der Waals surface area contributed by atoms with Gasteiger partial charge < -0.3 is 5.32 Å². The minimum absolute atomic E-state index is 0.0821. The number of nitrogens with one attached hydrogen (secondary N) is 3. The first-order chi connectivity index (χ1) is 10.6. The molecule has 0 fully saturated rings. The van der Waals surface area contributed by atoms with Crippen LogP contribution in [0.5, 0.6) is 0 Å². The lowest BCUT2D eigenvalue weighted by molar-refractivity contribution is -0.384. The van der Waals surface area contributed by atoms with E-state index in [-0.39, 0.29) is 12.1 Å². The first-order valence-electron chi connectivity index (χ1n) is 6.73. The van der Waals surface area contributed by atoms with Gasteiger partial charge in [0.25, 0.3) is 5.69 Å². The van der Waals surface area contributed by atoms with E-state index in [1.807, 2.05) is 5.43 Å². The summed E-state index contributed by atoms with van der Waals surface area (Å²) in [6.07, 6.45) is -0.0981. The molecule has 124 valence electrons. The third kappa shape index (κ3) is 6.55. The maximum atomic E-state index is 11.7. The Balaban J connectivity index is 2.46. The van der Waals surface area contributed by atoms with E-state index >= 15 is 0 Å². The van der Waals surface area contributed by atoms with E-state index in [1.54, 1.807) is 20.8 Å². The Hall–Kier alpha value is -2.97. The molecule has 3 amide bonds. The molecule has 9 heteroatoms. The third-order valence-electron chi connectivity index (χ3n) is 2.52. The number of hydrogen-bond acceptors (Lipinski definition) is 5. The standard InChI is InChI=1S/C14H18N4O5/c1-14(2,3)15-12(20)13(21)17-16-11(19)8-9-4-6-10(7-5-9)18(22)23/h4-7H,8H2,1-3H3,(H,15,20)(H,16,19)(H,17,21). The monoisotopic (exact) mass is 322 g/mol. The van der Waals surface area contributed by atoms with Crippen molar-refractivity contribution in [2.45, 2.75) is 32.7 Å². The molecular weight excluding hydrogens is 304 g/mol. The number of amides is 3. The molecule has 1 aromatic rings. The molecule has 0 bridgehead atoms. The molecule has 0 spiro atoms. The molecule has 0 aromatic heterocycles. The Kier molecular flexibility index (Phi) is 5.77. The Bertz CT molecular complexity index is 619. The van der Waals surface area contributed by atoms with Crippen molar-refractivity contribution in [2.75, 3.05) is 0 Å². The maximum Gasteiger partial charge on any atom is 0.327 e. The van der Waals surface area contributed by atoms with Crippen LogP contribution in [0.1, 0.15) is 26.3 Å². The van der Waals surface area contributed by atoms with Gasteiger partial charge in [0.1, 0.15) is 0 Å². The van der Waals surface area contributed by atoms with Crippen LogP contribution < -0.4 is 16.2 Å². The molecule has 3 N–H and O–H groups in total. The Labute approximate surface area is 132 Å². The number of nitro benzene ring substituents is 1. The zero-order valence-electron chi connectivity index (χ0n) is 13.0. The van der Waals surface area contributed by atoms with Gasteiger partial charge in [0.15, 0.2) is 0 Å². The van der Waals surface area contributed by atoms with E-state index in [0.29, 0.717) is 5.56 Å². The first kappa shape index (κ1) is 18.1. The van der Waals surface area contributed by atoms with Crippen molar-refractivity contribution in [3.63, 3.8) is 0 Å². The fourth-order valence-electron chi connectivity index (χ4n) is 1.55. The summed E-state index contributed by atoms with van der Waals surface area (Å²) < 4.78 is 0. The van der Waals surface area contributed by atoms with Crippen LogP contribution in [-0.2, 0) is 20.8 Å². The number of hydrogen-bond donors (Lipinski definition) is 3. The summed E-state index contributed by atoms with van der Waals surface area (Å²) in [5, 5.41) is 13.0. The van der Waals surface area contributed by atoms with Crippen LogP contribution in [0.25, 0.3) is 0 Å². The average molecular weight is 322 g/mol. The highest BCUT2D eigenvalue weighted by atomic mass is 16.6. The quantitative estimate of drug-likeness (QED) is 0.416. The number of nitro groups is 1. The fourth-order valence-corrected chi connectivity index (χ4v) is 1.55. The summed E-state index contributed by atoms with van der Waals surface area (Å²) >= 11 is 0. The van der Waals surface area contributed by atoms with Crippen molar-refractivity contribution >= 4 is 23.4 Å². The van der Waals surface area contributed by atoms with Gasteiger partial charge in [0, 0.05) is 17.7 Å². The molecule has 0 unspecified atom stereocenters. The Morgan fingerprint density at radius 1 is 1.04 bits per heavy atom. The first-order valence-corrected chi connectivity index (χ1v) is 6.73. The number of rotatable bonds is 3. The van der Waals surface area contributed by atoms with Crippen LogP contribution in [0.3, 0.4) is 0 Å². The second-order valence-electron chi connectivity index (χ2n) is 5.81. The zero-order chi connectivity index (χ0) is 17.6. The molecule has 1 rings (SSSR count). The lowest BCUT2D eigenvalue weighted by Crippen LogP contribution is -2.52. The van der Waals surface area contributed by atoms with Gasteiger partial charge in [-0.05, 0) is 26.3 Å². The van der Waals surface area contributed by atoms with Gasteiger partial charge >= 0.3 is 11.8 Å². The lowest BCUT2D eigenvalue weighted by atomic mass is 10.1. The number of carbonyl (C=O) groups excluding carboxylic acids is 3. The van der Waals surface area contributed by atoms with Gasteiger partial charge in [-0.1, -0.05) is 12.1 Å². The number of non-ortho nitro benzene ring substituents is 1. The topological polar surface area (TPSA) is 130 Å². The van der Waals surface area contributed by atoms with Crippen molar-refractivity contribution in [1.82, 2.24) is 16.2 Å². The van der Waals surface area contributed by atoms with E-state index in [1.165, 1.54) is 24.3 Å². The molecule has 0 aliphatic rings.